The van der Waals surface area contributed by atoms with Crippen LogP contribution in [0, 0.1) is 17.1 Å². The maximum Gasteiger partial charge on any atom is 0.131 e. The summed E-state index contributed by atoms with van der Waals surface area (Å²) in [5.41, 5.74) is 9.51. The Morgan fingerprint density at radius 2 is 1.84 bits per heavy atom. The summed E-state index contributed by atoms with van der Waals surface area (Å²) < 4.78 is 27.7. The molecule has 0 amide bonds. The number of nitrogens with zero attached hydrogens (tertiary/aromatic N) is 3. The van der Waals surface area contributed by atoms with Crippen LogP contribution >= 0.6 is 11.3 Å². The number of likely N-dealkylation sites (tertiary alicyclic amines) is 1. The van der Waals surface area contributed by atoms with Crippen LogP contribution in [0.25, 0.3) is 10.2 Å². The Labute approximate surface area is 258 Å². The van der Waals surface area contributed by atoms with Crippen molar-refractivity contribution in [3.05, 3.63) is 93.7 Å². The highest BCUT2D eigenvalue weighted by atomic mass is 32.1. The SMILES string of the molecule is CC(C)(CN)OC(C)(C)Cc1ccc2nc(CN3CCC(c4cccc(OCc5ccc(C#N)cc5F)c4)CC3)sc2c1. The van der Waals surface area contributed by atoms with E-state index in [0.29, 0.717) is 23.6 Å². The molecule has 1 aliphatic heterocycles. The Morgan fingerprint density at radius 3 is 2.56 bits per heavy atom. The van der Waals surface area contributed by atoms with Gasteiger partial charge in [0.15, 0.2) is 0 Å². The van der Waals surface area contributed by atoms with E-state index in [2.05, 4.69) is 49.1 Å². The van der Waals surface area contributed by atoms with E-state index in [1.54, 1.807) is 23.5 Å². The average Bonchev–Trinajstić information content (AvgIpc) is 3.37. The second kappa shape index (κ2) is 13.1. The minimum Gasteiger partial charge on any atom is -0.489 e. The van der Waals surface area contributed by atoms with Crippen LogP contribution in [-0.2, 0) is 24.3 Å². The smallest absolute Gasteiger partial charge is 0.131 e. The van der Waals surface area contributed by atoms with Crippen molar-refractivity contribution in [2.75, 3.05) is 19.6 Å². The Balaban J connectivity index is 1.15. The van der Waals surface area contributed by atoms with E-state index in [4.69, 9.17) is 25.5 Å². The molecule has 1 aliphatic rings. The third-order valence-electron chi connectivity index (χ3n) is 8.02. The monoisotopic (exact) mass is 600 g/mol. The van der Waals surface area contributed by atoms with E-state index in [-0.39, 0.29) is 17.8 Å². The number of fused-ring (bicyclic) bond motifs is 1. The van der Waals surface area contributed by atoms with Gasteiger partial charge >= 0.3 is 0 Å². The van der Waals surface area contributed by atoms with Crippen molar-refractivity contribution in [3.8, 4) is 11.8 Å². The molecule has 43 heavy (non-hydrogen) atoms. The topological polar surface area (TPSA) is 84.4 Å². The highest BCUT2D eigenvalue weighted by Gasteiger charge is 2.29. The molecular formula is C35H41FN4O2S. The van der Waals surface area contributed by atoms with Crippen LogP contribution in [0.3, 0.4) is 0 Å². The number of halogens is 1. The molecule has 8 heteroatoms. The van der Waals surface area contributed by atoms with Crippen LogP contribution in [-0.4, -0.2) is 40.7 Å². The van der Waals surface area contributed by atoms with Gasteiger partial charge in [0.25, 0.3) is 0 Å². The first kappa shape index (κ1) is 31.1. The first-order valence-electron chi connectivity index (χ1n) is 14.9. The highest BCUT2D eigenvalue weighted by molar-refractivity contribution is 7.18. The van der Waals surface area contributed by atoms with Crippen LogP contribution in [0.4, 0.5) is 4.39 Å². The first-order chi connectivity index (χ1) is 20.5. The number of thiazole rings is 1. The van der Waals surface area contributed by atoms with E-state index in [0.717, 1.165) is 55.2 Å². The van der Waals surface area contributed by atoms with Crippen LogP contribution in [0.2, 0.25) is 0 Å². The molecule has 1 aromatic heterocycles. The number of ether oxygens (including phenoxy) is 2. The van der Waals surface area contributed by atoms with Crippen molar-refractivity contribution in [2.24, 2.45) is 5.73 Å². The maximum absolute atomic E-state index is 14.3. The van der Waals surface area contributed by atoms with Crippen LogP contribution < -0.4 is 10.5 Å². The number of aromatic nitrogens is 1. The average molecular weight is 601 g/mol. The number of benzene rings is 3. The molecule has 0 bridgehead atoms. The summed E-state index contributed by atoms with van der Waals surface area (Å²) in [5, 5.41) is 10.1. The minimum absolute atomic E-state index is 0.126. The fourth-order valence-corrected chi connectivity index (χ4v) is 6.95. The van der Waals surface area contributed by atoms with Crippen LogP contribution in [0.15, 0.2) is 60.7 Å². The molecule has 0 atom stereocenters. The Bertz CT molecular complexity index is 1600. The molecule has 0 saturated carbocycles. The predicted octanol–water partition coefficient (Wildman–Crippen LogP) is 7.34. The normalized spacial score (nSPS) is 15.1. The van der Waals surface area contributed by atoms with E-state index in [1.165, 1.54) is 21.9 Å². The Morgan fingerprint density at radius 1 is 1.05 bits per heavy atom. The fraction of sp³-hybridized carbons (Fsp3) is 0.429. The van der Waals surface area contributed by atoms with Crippen molar-refractivity contribution in [3.63, 3.8) is 0 Å². The summed E-state index contributed by atoms with van der Waals surface area (Å²) in [7, 11) is 0. The molecule has 3 aromatic carbocycles. The van der Waals surface area contributed by atoms with Crippen LogP contribution in [0.1, 0.15) is 73.7 Å². The Kier molecular flexibility index (Phi) is 9.48. The number of rotatable bonds is 11. The van der Waals surface area contributed by atoms with Gasteiger partial charge in [-0.25, -0.2) is 9.37 Å². The van der Waals surface area contributed by atoms with Crippen molar-refractivity contribution < 1.29 is 13.9 Å². The zero-order valence-corrected chi connectivity index (χ0v) is 26.3. The summed E-state index contributed by atoms with van der Waals surface area (Å²) in [6.07, 6.45) is 2.94. The van der Waals surface area contributed by atoms with Gasteiger partial charge in [0.1, 0.15) is 23.2 Å². The highest BCUT2D eigenvalue weighted by Crippen LogP contribution is 2.33. The summed E-state index contributed by atoms with van der Waals surface area (Å²) in [6, 6.07) is 21.1. The molecule has 0 radical (unpaired) electrons. The standard InChI is InChI=1S/C35H41FN4O2S/c1-34(2,42-35(3,4)23-38)19-24-9-11-31-32(17-24)43-33(39-31)21-40-14-12-26(13-15-40)27-6-5-7-29(18-27)41-22-28-10-8-25(20-37)16-30(28)36/h5-11,16-18,26H,12-15,19,21-23,38H2,1-4H3. The zero-order valence-electron chi connectivity index (χ0n) is 25.5. The third kappa shape index (κ3) is 8.18. The minimum atomic E-state index is -0.419. The molecule has 4 aromatic rings. The predicted molar refractivity (Wildman–Crippen MR) is 171 cm³/mol. The number of hydrogen-bond acceptors (Lipinski definition) is 7. The first-order valence-corrected chi connectivity index (χ1v) is 15.8. The molecule has 6 nitrogen and oxygen atoms in total. The zero-order chi connectivity index (χ0) is 30.6. The molecule has 5 rings (SSSR count). The van der Waals surface area contributed by atoms with Gasteiger partial charge in [-0.1, -0.05) is 24.3 Å². The van der Waals surface area contributed by atoms with Crippen LogP contribution in [0.5, 0.6) is 5.75 Å². The van der Waals surface area contributed by atoms with Gasteiger partial charge in [0.05, 0.1) is 39.6 Å². The summed E-state index contributed by atoms with van der Waals surface area (Å²) in [5.74, 6) is 0.770. The molecule has 226 valence electrons. The van der Waals surface area contributed by atoms with Gasteiger partial charge in [-0.3, -0.25) is 4.90 Å². The van der Waals surface area contributed by atoms with E-state index >= 15 is 0 Å². The lowest BCUT2D eigenvalue weighted by molar-refractivity contribution is -0.116. The second-order valence-corrected chi connectivity index (χ2v) is 13.9. The molecule has 1 fully saturated rings. The number of hydrogen-bond donors (Lipinski definition) is 1. The number of nitrogens with two attached hydrogens (primary N) is 1. The lowest BCUT2D eigenvalue weighted by Gasteiger charge is -2.35. The number of nitriles is 1. The van der Waals surface area contributed by atoms with Crippen molar-refractivity contribution in [1.82, 2.24) is 9.88 Å². The molecule has 2 N–H and O–H groups in total. The molecule has 0 unspecified atom stereocenters. The Hall–Kier alpha value is -3.35. The van der Waals surface area contributed by atoms with Gasteiger partial charge in [-0.2, -0.15) is 5.26 Å². The van der Waals surface area contributed by atoms with E-state index in [9.17, 15) is 4.39 Å². The molecule has 2 heterocycles. The maximum atomic E-state index is 14.3. The lowest BCUT2D eigenvalue weighted by Crippen LogP contribution is -2.43. The summed E-state index contributed by atoms with van der Waals surface area (Å²) in [6.45, 7) is 11.8. The van der Waals surface area contributed by atoms with Crippen molar-refractivity contribution in [1.29, 1.82) is 5.26 Å². The second-order valence-electron chi connectivity index (χ2n) is 12.7. The fourth-order valence-electron chi connectivity index (χ4n) is 5.88. The van der Waals surface area contributed by atoms with Gasteiger partial charge < -0.3 is 15.2 Å². The molecule has 0 spiro atoms. The molecule has 1 saturated heterocycles. The van der Waals surface area contributed by atoms with Gasteiger partial charge in [0, 0.05) is 18.5 Å². The van der Waals surface area contributed by atoms with E-state index < -0.39 is 5.82 Å². The van der Waals surface area contributed by atoms with Gasteiger partial charge in [-0.05, 0) is 107 Å². The number of piperidine rings is 1. The summed E-state index contributed by atoms with van der Waals surface area (Å²) >= 11 is 1.78. The van der Waals surface area contributed by atoms with E-state index in [1.807, 2.05) is 32.0 Å². The van der Waals surface area contributed by atoms with Gasteiger partial charge in [0.2, 0.25) is 0 Å². The summed E-state index contributed by atoms with van der Waals surface area (Å²) in [4.78, 5) is 7.43. The molecular weight excluding hydrogens is 559 g/mol. The van der Waals surface area contributed by atoms with Crippen molar-refractivity contribution in [2.45, 2.75) is 77.2 Å². The largest absolute Gasteiger partial charge is 0.489 e. The van der Waals surface area contributed by atoms with Crippen molar-refractivity contribution >= 4 is 21.6 Å². The third-order valence-corrected chi connectivity index (χ3v) is 9.03. The molecule has 0 aliphatic carbocycles. The quantitative estimate of drug-likeness (QED) is 0.194. The van der Waals surface area contributed by atoms with Gasteiger partial charge in [-0.15, -0.1) is 11.3 Å². The lowest BCUT2D eigenvalue weighted by atomic mass is 9.89.